The second kappa shape index (κ2) is 12.5. The first-order valence-electron chi connectivity index (χ1n) is 13.1. The van der Waals surface area contributed by atoms with Crippen molar-refractivity contribution in [2.45, 2.75) is 126 Å². The highest BCUT2D eigenvalue weighted by Gasteiger charge is 2.51. The summed E-state index contributed by atoms with van der Waals surface area (Å²) < 4.78 is 35.9. The number of amides is 1. The summed E-state index contributed by atoms with van der Waals surface area (Å²) in [5.41, 5.74) is 5.49. The van der Waals surface area contributed by atoms with Gasteiger partial charge < -0.3 is 59.7 Å². The van der Waals surface area contributed by atoms with E-state index in [0.717, 1.165) is 12.8 Å². The van der Waals surface area contributed by atoms with Gasteiger partial charge >= 0.3 is 0 Å². The smallest absolute Gasteiger partial charge is 0.246 e. The van der Waals surface area contributed by atoms with E-state index in [4.69, 9.17) is 34.2 Å². The SMILES string of the molecule is CC1O[C@@H](OC2[C@H](C)CCC[C@H]2O[C@@H]2OC(CO)[C@H](O)C3O[C@@H](C(N)=O)CCCOC32)[C@@H](O)[C@@H](O)C1O. The molecule has 3 heterocycles. The summed E-state index contributed by atoms with van der Waals surface area (Å²) in [6, 6.07) is 0. The van der Waals surface area contributed by atoms with Crippen LogP contribution < -0.4 is 5.73 Å². The molecule has 0 aromatic heterocycles. The summed E-state index contributed by atoms with van der Waals surface area (Å²) in [5, 5.41) is 51.3. The van der Waals surface area contributed by atoms with Crippen LogP contribution in [0.4, 0.5) is 0 Å². The molecule has 1 amide bonds. The van der Waals surface area contributed by atoms with Crippen LogP contribution in [0.1, 0.15) is 46.0 Å². The van der Waals surface area contributed by atoms with Crippen LogP contribution in [0.3, 0.4) is 0 Å². The largest absolute Gasteiger partial charge is 0.394 e. The molecule has 0 spiro atoms. The minimum absolute atomic E-state index is 0.0128. The Morgan fingerprint density at radius 1 is 0.865 bits per heavy atom. The fourth-order valence-electron chi connectivity index (χ4n) is 5.59. The molecule has 3 saturated heterocycles. The highest BCUT2D eigenvalue weighted by Crippen LogP contribution is 2.36. The fourth-order valence-corrected chi connectivity index (χ4v) is 5.59. The molecule has 3 aliphatic heterocycles. The van der Waals surface area contributed by atoms with Crippen molar-refractivity contribution in [1.29, 1.82) is 0 Å². The zero-order valence-corrected chi connectivity index (χ0v) is 21.2. The zero-order valence-electron chi connectivity index (χ0n) is 21.2. The molecule has 13 heteroatoms. The van der Waals surface area contributed by atoms with E-state index in [-0.39, 0.29) is 12.5 Å². The molecule has 0 radical (unpaired) electrons. The van der Waals surface area contributed by atoms with Gasteiger partial charge in [-0.25, -0.2) is 0 Å². The van der Waals surface area contributed by atoms with E-state index in [9.17, 15) is 30.3 Å². The van der Waals surface area contributed by atoms with Crippen LogP contribution in [-0.4, -0.2) is 124 Å². The number of carbonyl (C=O) groups is 1. The minimum atomic E-state index is -1.46. The molecule has 4 fully saturated rings. The van der Waals surface area contributed by atoms with Crippen molar-refractivity contribution >= 4 is 5.91 Å². The third-order valence-electron chi connectivity index (χ3n) is 7.84. The van der Waals surface area contributed by atoms with E-state index >= 15 is 0 Å². The van der Waals surface area contributed by atoms with E-state index in [1.807, 2.05) is 6.92 Å². The van der Waals surface area contributed by atoms with E-state index in [1.54, 1.807) is 6.92 Å². The van der Waals surface area contributed by atoms with Gasteiger partial charge in [-0.1, -0.05) is 13.3 Å². The summed E-state index contributed by atoms with van der Waals surface area (Å²) in [6.45, 7) is 3.29. The van der Waals surface area contributed by atoms with Crippen molar-refractivity contribution in [1.82, 2.24) is 0 Å². The maximum Gasteiger partial charge on any atom is 0.246 e. The van der Waals surface area contributed by atoms with Crippen molar-refractivity contribution in [3.05, 3.63) is 0 Å². The second-order valence-electron chi connectivity index (χ2n) is 10.6. The monoisotopic (exact) mass is 535 g/mol. The van der Waals surface area contributed by atoms with Crippen LogP contribution >= 0.6 is 0 Å². The first kappa shape index (κ1) is 29.0. The third kappa shape index (κ3) is 6.28. The highest BCUT2D eigenvalue weighted by molar-refractivity contribution is 5.78. The molecule has 6 unspecified atom stereocenters. The molecule has 14 atom stereocenters. The van der Waals surface area contributed by atoms with Crippen molar-refractivity contribution in [2.24, 2.45) is 11.7 Å². The molecule has 4 aliphatic rings. The Kier molecular flexibility index (Phi) is 9.78. The summed E-state index contributed by atoms with van der Waals surface area (Å²) >= 11 is 0. The third-order valence-corrected chi connectivity index (χ3v) is 7.84. The van der Waals surface area contributed by atoms with Crippen LogP contribution in [0.2, 0.25) is 0 Å². The number of aliphatic hydroxyl groups excluding tert-OH is 5. The maximum absolute atomic E-state index is 11.9. The molecule has 0 bridgehead atoms. The highest BCUT2D eigenvalue weighted by atomic mass is 16.7. The van der Waals surface area contributed by atoms with E-state index < -0.39 is 92.2 Å². The van der Waals surface area contributed by atoms with Crippen LogP contribution in [-0.2, 0) is 33.2 Å². The Hall–Kier alpha value is -0.970. The molecule has 7 N–H and O–H groups in total. The van der Waals surface area contributed by atoms with E-state index in [2.05, 4.69) is 0 Å². The van der Waals surface area contributed by atoms with Crippen LogP contribution in [0.15, 0.2) is 0 Å². The number of ether oxygens (including phenoxy) is 6. The Morgan fingerprint density at radius 2 is 1.62 bits per heavy atom. The van der Waals surface area contributed by atoms with Crippen LogP contribution in [0.5, 0.6) is 0 Å². The first-order valence-corrected chi connectivity index (χ1v) is 13.1. The van der Waals surface area contributed by atoms with Gasteiger partial charge in [-0.15, -0.1) is 0 Å². The van der Waals surface area contributed by atoms with Gasteiger partial charge in [0.1, 0.15) is 48.8 Å². The van der Waals surface area contributed by atoms with Gasteiger partial charge in [0.15, 0.2) is 12.6 Å². The van der Waals surface area contributed by atoms with Crippen molar-refractivity contribution in [3.8, 4) is 0 Å². The predicted molar refractivity (Wildman–Crippen MR) is 124 cm³/mol. The van der Waals surface area contributed by atoms with Crippen LogP contribution in [0, 0.1) is 5.92 Å². The zero-order chi connectivity index (χ0) is 26.9. The number of carbonyl (C=O) groups excluding carboxylic acids is 1. The molecule has 0 aromatic carbocycles. The Labute approximate surface area is 215 Å². The van der Waals surface area contributed by atoms with Gasteiger partial charge in [-0.3, -0.25) is 4.79 Å². The normalized spacial score (nSPS) is 49.5. The van der Waals surface area contributed by atoms with Crippen molar-refractivity contribution in [2.75, 3.05) is 13.2 Å². The maximum atomic E-state index is 11.9. The van der Waals surface area contributed by atoms with Crippen molar-refractivity contribution in [3.63, 3.8) is 0 Å². The topological polar surface area (TPSA) is 200 Å². The van der Waals surface area contributed by atoms with Crippen molar-refractivity contribution < 1.29 is 58.7 Å². The number of hydrogen-bond acceptors (Lipinski definition) is 12. The van der Waals surface area contributed by atoms with Gasteiger partial charge in [0, 0.05) is 6.61 Å². The van der Waals surface area contributed by atoms with Gasteiger partial charge in [-0.2, -0.15) is 0 Å². The van der Waals surface area contributed by atoms with E-state index in [0.29, 0.717) is 19.3 Å². The predicted octanol–water partition coefficient (Wildman–Crippen LogP) is -2.10. The summed E-state index contributed by atoms with van der Waals surface area (Å²) in [5.74, 6) is -0.666. The average molecular weight is 536 g/mol. The molecule has 0 aromatic rings. The summed E-state index contributed by atoms with van der Waals surface area (Å²) in [6.07, 6.45) is -10.4. The van der Waals surface area contributed by atoms with E-state index in [1.165, 1.54) is 0 Å². The Bertz CT molecular complexity index is 759. The number of fused-ring (bicyclic) bond motifs is 1. The lowest BCUT2D eigenvalue weighted by Crippen LogP contribution is -2.64. The number of nitrogens with two attached hydrogens (primary N) is 1. The number of aliphatic hydroxyl groups is 5. The molecule has 4 rings (SSSR count). The minimum Gasteiger partial charge on any atom is -0.394 e. The standard InChI is InChI=1S/C24H41NO12/c1-10-5-3-6-12(19(10)37-23-18(30)17(29)15(27)11(2)33-23)35-24-21-20(16(28)14(9-26)36-24)34-13(22(25)31)7-4-8-32-21/h10-21,23-24,26-30H,3-9H2,1-2H3,(H2,25,31)/t10-,11?,12-,13-,14?,15?,16+,17+,18+,19?,20?,21?,23+,24-/m1/s1. The molecule has 13 nitrogen and oxygen atoms in total. The molecule has 37 heavy (non-hydrogen) atoms. The summed E-state index contributed by atoms with van der Waals surface area (Å²) in [4.78, 5) is 11.9. The van der Waals surface area contributed by atoms with Crippen LogP contribution in [0.25, 0.3) is 0 Å². The first-order chi connectivity index (χ1) is 17.6. The average Bonchev–Trinajstić information content (AvgIpc) is 2.84. The number of rotatable bonds is 6. The second-order valence-corrected chi connectivity index (χ2v) is 10.6. The lowest BCUT2D eigenvalue weighted by Gasteiger charge is -2.48. The quantitative estimate of drug-likeness (QED) is 0.217. The lowest BCUT2D eigenvalue weighted by molar-refractivity contribution is -0.354. The number of hydrogen-bond donors (Lipinski definition) is 6. The van der Waals surface area contributed by atoms with Gasteiger partial charge in [0.05, 0.1) is 24.9 Å². The van der Waals surface area contributed by atoms with Gasteiger partial charge in [-0.05, 0) is 38.5 Å². The molecule has 1 aliphatic carbocycles. The molecule has 214 valence electrons. The van der Waals surface area contributed by atoms with Gasteiger partial charge in [0.25, 0.3) is 0 Å². The number of primary amides is 1. The Morgan fingerprint density at radius 3 is 2.32 bits per heavy atom. The fraction of sp³-hybridized carbons (Fsp3) is 0.958. The molecule has 1 saturated carbocycles. The summed E-state index contributed by atoms with van der Waals surface area (Å²) in [7, 11) is 0. The Balaban J connectivity index is 1.52. The van der Waals surface area contributed by atoms with Gasteiger partial charge in [0.2, 0.25) is 5.91 Å². The lowest BCUT2D eigenvalue weighted by atomic mass is 9.85. The molecular weight excluding hydrogens is 494 g/mol. The molecular formula is C24H41NO12.